The largest absolute Gasteiger partial charge is 0.394 e. The Balaban J connectivity index is 0.000000531. The van der Waals surface area contributed by atoms with E-state index in [1.165, 1.54) is 11.1 Å². The first kappa shape index (κ1) is 11.5. The third-order valence-corrected chi connectivity index (χ3v) is 2.06. The molecule has 15 heavy (non-hydrogen) atoms. The number of hydrogen-bond acceptors (Lipinski definition) is 1. The number of aliphatic hydroxyl groups is 1. The summed E-state index contributed by atoms with van der Waals surface area (Å²) < 4.78 is 0. The van der Waals surface area contributed by atoms with Crippen molar-refractivity contribution in [2.24, 2.45) is 0 Å². The molecule has 0 aromatic heterocycles. The summed E-state index contributed by atoms with van der Waals surface area (Å²) in [5, 5.41) is 6.75. The molecule has 2 rings (SSSR count). The van der Waals surface area contributed by atoms with E-state index in [0.29, 0.717) is 0 Å². The van der Waals surface area contributed by atoms with Gasteiger partial charge < -0.3 is 5.11 Å². The van der Waals surface area contributed by atoms with E-state index in [9.17, 15) is 0 Å². The van der Waals surface area contributed by atoms with Gasteiger partial charge in [-0.1, -0.05) is 54.6 Å². The minimum absolute atomic E-state index is 1.06. The Hall–Kier alpha value is -1.60. The van der Waals surface area contributed by atoms with Crippen LogP contribution in [0.15, 0.2) is 54.6 Å². The van der Waals surface area contributed by atoms with E-state index < -0.39 is 0 Å². The molecule has 1 N–H and O–H groups in total. The van der Waals surface area contributed by atoms with Crippen molar-refractivity contribution in [3.05, 3.63) is 74.2 Å². The van der Waals surface area contributed by atoms with Crippen LogP contribution in [-0.2, 0) is 0 Å². The summed E-state index contributed by atoms with van der Waals surface area (Å²) in [6, 6.07) is 18.6. The van der Waals surface area contributed by atoms with Gasteiger partial charge >= 0.3 is 0 Å². The van der Waals surface area contributed by atoms with Gasteiger partial charge in [-0.25, -0.2) is 0 Å². The van der Waals surface area contributed by atoms with Crippen molar-refractivity contribution >= 4 is 0 Å². The fourth-order valence-electron chi connectivity index (χ4n) is 1.33. The van der Waals surface area contributed by atoms with Crippen LogP contribution >= 0.6 is 0 Å². The van der Waals surface area contributed by atoms with Crippen molar-refractivity contribution in [3.8, 4) is 11.1 Å². The fraction of sp³-hybridized carbons (Fsp3) is 0. The molecular weight excluding hydrogens is 184 g/mol. The average molecular weight is 198 g/mol. The Bertz CT molecular complexity index is 376. The van der Waals surface area contributed by atoms with Crippen molar-refractivity contribution in [1.29, 1.82) is 0 Å². The van der Waals surface area contributed by atoms with Crippen molar-refractivity contribution in [2.45, 2.75) is 0 Å². The molecule has 0 saturated carbocycles. The van der Waals surface area contributed by atoms with Crippen LogP contribution in [0.5, 0.6) is 0 Å². The average Bonchev–Trinajstić information content (AvgIpc) is 2.34. The summed E-state index contributed by atoms with van der Waals surface area (Å²) in [4.78, 5) is 0. The normalized spacial score (nSPS) is 9.00. The summed E-state index contributed by atoms with van der Waals surface area (Å²) in [6.45, 7) is 3.86. The Labute approximate surface area is 91.0 Å². The van der Waals surface area contributed by atoms with Crippen molar-refractivity contribution in [3.63, 3.8) is 0 Å². The summed E-state index contributed by atoms with van der Waals surface area (Å²) in [6.07, 6.45) is 0. The van der Waals surface area contributed by atoms with E-state index in [-0.39, 0.29) is 0 Å². The molecule has 0 saturated heterocycles. The van der Waals surface area contributed by atoms with Crippen LogP contribution in [0.2, 0.25) is 0 Å². The molecular formula is C14H14O. The Kier molecular flexibility index (Phi) is 4.58. The SMILES string of the molecule is [CH2]O.[CH2]c1ccc(-c2ccccc2)cc1. The fourth-order valence-corrected chi connectivity index (χ4v) is 1.33. The highest BCUT2D eigenvalue weighted by Crippen LogP contribution is 2.18. The molecule has 0 amide bonds. The lowest BCUT2D eigenvalue weighted by Crippen LogP contribution is -1.76. The molecule has 76 valence electrons. The van der Waals surface area contributed by atoms with Gasteiger partial charge in [0, 0.05) is 0 Å². The van der Waals surface area contributed by atoms with Gasteiger partial charge in [0.15, 0.2) is 0 Å². The lowest BCUT2D eigenvalue weighted by Gasteiger charge is -2.00. The van der Waals surface area contributed by atoms with Crippen molar-refractivity contribution < 1.29 is 5.11 Å². The Morgan fingerprint density at radius 2 is 1.13 bits per heavy atom. The highest BCUT2D eigenvalue weighted by Gasteiger charge is 1.93. The molecule has 0 aliphatic carbocycles. The minimum atomic E-state index is 1.06. The van der Waals surface area contributed by atoms with E-state index in [4.69, 9.17) is 5.11 Å². The van der Waals surface area contributed by atoms with Crippen LogP contribution in [0, 0.1) is 14.0 Å². The second-order valence-electron chi connectivity index (χ2n) is 3.06. The Morgan fingerprint density at radius 1 is 0.667 bits per heavy atom. The van der Waals surface area contributed by atoms with E-state index in [1.807, 2.05) is 30.3 Å². The van der Waals surface area contributed by atoms with E-state index in [1.54, 1.807) is 0 Å². The molecule has 2 aromatic rings. The smallest absolute Gasteiger partial charge is 0.0662 e. The molecule has 0 aliphatic heterocycles. The number of aliphatic hydroxyl groups excluding tert-OH is 1. The van der Waals surface area contributed by atoms with Crippen LogP contribution in [0.1, 0.15) is 5.56 Å². The van der Waals surface area contributed by atoms with Crippen molar-refractivity contribution in [2.75, 3.05) is 0 Å². The van der Waals surface area contributed by atoms with Crippen LogP contribution < -0.4 is 0 Å². The predicted octanol–water partition coefficient (Wildman–Crippen LogP) is 3.69. The maximum atomic E-state index is 6.75. The van der Waals surface area contributed by atoms with Crippen LogP contribution in [0.4, 0.5) is 0 Å². The molecule has 0 fully saturated rings. The lowest BCUT2D eigenvalue weighted by molar-refractivity contribution is 0.464. The predicted molar refractivity (Wildman–Crippen MR) is 63.6 cm³/mol. The van der Waals surface area contributed by atoms with Crippen LogP contribution in [0.3, 0.4) is 0 Å². The van der Waals surface area contributed by atoms with Gasteiger partial charge in [0.1, 0.15) is 0 Å². The van der Waals surface area contributed by atoms with Gasteiger partial charge in [0.05, 0.1) is 7.11 Å². The first-order valence-electron chi connectivity index (χ1n) is 4.65. The molecule has 0 unspecified atom stereocenters. The molecule has 1 heteroatoms. The van der Waals surface area contributed by atoms with E-state index >= 15 is 0 Å². The zero-order valence-corrected chi connectivity index (χ0v) is 8.56. The van der Waals surface area contributed by atoms with E-state index in [0.717, 1.165) is 5.56 Å². The van der Waals surface area contributed by atoms with Crippen molar-refractivity contribution in [1.82, 2.24) is 0 Å². The molecule has 0 atom stereocenters. The first-order valence-corrected chi connectivity index (χ1v) is 4.65. The topological polar surface area (TPSA) is 20.2 Å². The summed E-state index contributed by atoms with van der Waals surface area (Å²) in [7, 11) is 2.25. The Morgan fingerprint density at radius 3 is 1.67 bits per heavy atom. The standard InChI is InChI=1S/C13H11.CH3O/c1-11-7-9-13(10-8-11)12-5-3-2-4-6-12;1-2/h2-10H,1H2;2H,1H2. The van der Waals surface area contributed by atoms with Gasteiger partial charge in [0.25, 0.3) is 0 Å². The number of hydrogen-bond donors (Lipinski definition) is 1. The monoisotopic (exact) mass is 198 g/mol. The van der Waals surface area contributed by atoms with Crippen LogP contribution in [-0.4, -0.2) is 5.11 Å². The maximum absolute atomic E-state index is 6.75. The van der Waals surface area contributed by atoms with Gasteiger partial charge in [-0.3, -0.25) is 0 Å². The zero-order valence-electron chi connectivity index (χ0n) is 8.56. The third-order valence-electron chi connectivity index (χ3n) is 2.06. The molecule has 2 radical (unpaired) electrons. The second-order valence-corrected chi connectivity index (χ2v) is 3.06. The lowest BCUT2D eigenvalue weighted by atomic mass is 10.0. The minimum Gasteiger partial charge on any atom is -0.394 e. The summed E-state index contributed by atoms with van der Waals surface area (Å²) in [5.41, 5.74) is 3.55. The van der Waals surface area contributed by atoms with Gasteiger partial charge in [-0.2, -0.15) is 0 Å². The molecule has 0 heterocycles. The highest BCUT2D eigenvalue weighted by molar-refractivity contribution is 5.63. The molecule has 1 nitrogen and oxygen atoms in total. The highest BCUT2D eigenvalue weighted by atomic mass is 16.2. The van der Waals surface area contributed by atoms with Crippen LogP contribution in [0.25, 0.3) is 11.1 Å². The first-order chi connectivity index (χ1) is 7.36. The zero-order chi connectivity index (χ0) is 11.1. The van der Waals surface area contributed by atoms with Gasteiger partial charge in [-0.05, 0) is 23.6 Å². The van der Waals surface area contributed by atoms with Gasteiger partial charge in [-0.15, -0.1) is 0 Å². The van der Waals surface area contributed by atoms with Gasteiger partial charge in [0.2, 0.25) is 0 Å². The third kappa shape index (κ3) is 3.22. The van der Waals surface area contributed by atoms with E-state index in [2.05, 4.69) is 38.3 Å². The quantitative estimate of drug-likeness (QED) is 0.741. The molecule has 0 aliphatic rings. The molecule has 2 aromatic carbocycles. The molecule has 0 bridgehead atoms. The maximum Gasteiger partial charge on any atom is 0.0662 e. The second kappa shape index (κ2) is 5.99. The summed E-state index contributed by atoms with van der Waals surface area (Å²) in [5.74, 6) is 0. The number of benzene rings is 2. The summed E-state index contributed by atoms with van der Waals surface area (Å²) >= 11 is 0. The number of rotatable bonds is 1. The molecule has 0 spiro atoms.